The molecular weight excluding hydrogens is 317 g/mol. The third-order valence-corrected chi connectivity index (χ3v) is 2.69. The molecule has 0 amide bonds. The van der Waals surface area contributed by atoms with Crippen LogP contribution in [0, 0.1) is 0 Å². The molecule has 1 rings (SSSR count). The summed E-state index contributed by atoms with van der Waals surface area (Å²) >= 11 is 0. The van der Waals surface area contributed by atoms with Gasteiger partial charge in [-0.1, -0.05) is 30.3 Å². The predicted octanol–water partition coefficient (Wildman–Crippen LogP) is -2.38. The van der Waals surface area contributed by atoms with Crippen molar-refractivity contribution >= 4 is 0 Å². The number of rotatable bonds is 6. The summed E-state index contributed by atoms with van der Waals surface area (Å²) in [6.45, 7) is 2.51. The van der Waals surface area contributed by atoms with Crippen molar-refractivity contribution in [2.75, 3.05) is 33.4 Å². The minimum Gasteiger partial charge on any atom is -1.00 e. The van der Waals surface area contributed by atoms with Gasteiger partial charge in [0.15, 0.2) is 0 Å². The lowest BCUT2D eigenvalue weighted by Gasteiger charge is -2.33. The highest BCUT2D eigenvalue weighted by atomic mass is 127. The largest absolute Gasteiger partial charge is 1.00 e. The Morgan fingerprint density at radius 1 is 1.00 bits per heavy atom. The second-order valence-electron chi connectivity index (χ2n) is 4.16. The van der Waals surface area contributed by atoms with E-state index in [0.717, 1.165) is 6.54 Å². The molecule has 0 aromatic heterocycles. The number of hydrogen-bond acceptors (Lipinski definition) is 2. The Bertz CT molecular complexity index is 274. The van der Waals surface area contributed by atoms with Crippen LogP contribution in [0.25, 0.3) is 0 Å². The highest BCUT2D eigenvalue weighted by Gasteiger charge is 2.20. The molecule has 0 saturated carbocycles. The van der Waals surface area contributed by atoms with Crippen molar-refractivity contribution < 1.29 is 38.7 Å². The van der Waals surface area contributed by atoms with Crippen molar-refractivity contribution in [3.05, 3.63) is 35.9 Å². The van der Waals surface area contributed by atoms with Gasteiger partial charge in [0.05, 0.1) is 20.3 Å². The van der Waals surface area contributed by atoms with Gasteiger partial charge in [0.2, 0.25) is 0 Å². The van der Waals surface area contributed by atoms with Crippen LogP contribution in [0.2, 0.25) is 0 Å². The fourth-order valence-electron chi connectivity index (χ4n) is 1.78. The Kier molecular flexibility index (Phi) is 7.91. The van der Waals surface area contributed by atoms with Gasteiger partial charge in [0, 0.05) is 5.56 Å². The van der Waals surface area contributed by atoms with E-state index in [4.69, 9.17) is 10.2 Å². The fraction of sp³-hybridized carbons (Fsp3) is 0.500. The Morgan fingerprint density at radius 2 is 1.50 bits per heavy atom. The summed E-state index contributed by atoms with van der Waals surface area (Å²) in [6.07, 6.45) is 0. The molecule has 1 aromatic carbocycles. The molecule has 3 nitrogen and oxygen atoms in total. The third-order valence-electron chi connectivity index (χ3n) is 2.69. The van der Waals surface area contributed by atoms with Gasteiger partial charge in [-0.05, 0) is 0 Å². The van der Waals surface area contributed by atoms with Crippen molar-refractivity contribution in [3.63, 3.8) is 0 Å². The van der Waals surface area contributed by atoms with Crippen LogP contribution in [0.1, 0.15) is 5.56 Å². The molecule has 0 fully saturated rings. The maximum absolute atomic E-state index is 9.01. The molecule has 92 valence electrons. The van der Waals surface area contributed by atoms with Gasteiger partial charge >= 0.3 is 0 Å². The van der Waals surface area contributed by atoms with Crippen molar-refractivity contribution in [3.8, 4) is 0 Å². The Morgan fingerprint density at radius 3 is 1.94 bits per heavy atom. The molecule has 0 saturated heterocycles. The molecule has 0 atom stereocenters. The molecule has 0 aliphatic heterocycles. The predicted molar refractivity (Wildman–Crippen MR) is 60.2 cm³/mol. The molecular formula is C12H20INO2. The van der Waals surface area contributed by atoms with E-state index in [0.29, 0.717) is 17.6 Å². The molecule has 0 aliphatic rings. The van der Waals surface area contributed by atoms with Crippen molar-refractivity contribution in [1.29, 1.82) is 0 Å². The van der Waals surface area contributed by atoms with Crippen molar-refractivity contribution in [2.45, 2.75) is 6.54 Å². The molecule has 0 bridgehead atoms. The zero-order valence-electron chi connectivity index (χ0n) is 9.64. The molecule has 0 unspecified atom stereocenters. The average Bonchev–Trinajstić information content (AvgIpc) is 2.19. The van der Waals surface area contributed by atoms with E-state index in [1.807, 2.05) is 18.2 Å². The number of halogens is 1. The van der Waals surface area contributed by atoms with E-state index in [2.05, 4.69) is 19.2 Å². The van der Waals surface area contributed by atoms with Gasteiger partial charge in [0.1, 0.15) is 19.6 Å². The number of likely N-dealkylation sites (N-methyl/N-ethyl adjacent to an activating group) is 1. The molecule has 4 heteroatoms. The minimum atomic E-state index is 0. The summed E-state index contributed by atoms with van der Waals surface area (Å²) in [7, 11) is 2.06. The van der Waals surface area contributed by atoms with Crippen LogP contribution in [0.5, 0.6) is 0 Å². The smallest absolute Gasteiger partial charge is 0.104 e. The lowest BCUT2D eigenvalue weighted by molar-refractivity contribution is -0.923. The molecule has 0 spiro atoms. The van der Waals surface area contributed by atoms with Crippen LogP contribution in [0.15, 0.2) is 30.3 Å². The van der Waals surface area contributed by atoms with Crippen LogP contribution in [0.4, 0.5) is 0 Å². The molecule has 0 radical (unpaired) electrons. The van der Waals surface area contributed by atoms with E-state index in [1.54, 1.807) is 0 Å². The Balaban J connectivity index is 0.00000225. The maximum atomic E-state index is 9.01. The van der Waals surface area contributed by atoms with E-state index in [-0.39, 0.29) is 37.2 Å². The first-order valence-corrected chi connectivity index (χ1v) is 5.29. The molecule has 2 N–H and O–H groups in total. The summed E-state index contributed by atoms with van der Waals surface area (Å²) < 4.78 is 0.678. The molecule has 16 heavy (non-hydrogen) atoms. The number of nitrogens with zero attached hydrogens (tertiary/aromatic N) is 1. The van der Waals surface area contributed by atoms with E-state index < -0.39 is 0 Å². The summed E-state index contributed by atoms with van der Waals surface area (Å²) in [5, 5.41) is 18.0. The van der Waals surface area contributed by atoms with Crippen LogP contribution >= 0.6 is 0 Å². The topological polar surface area (TPSA) is 40.5 Å². The van der Waals surface area contributed by atoms with Crippen LogP contribution in [0.3, 0.4) is 0 Å². The Labute approximate surface area is 114 Å². The monoisotopic (exact) mass is 337 g/mol. The number of aliphatic hydroxyl groups excluding tert-OH is 2. The summed E-state index contributed by atoms with van der Waals surface area (Å²) in [5.74, 6) is 0. The lowest BCUT2D eigenvalue weighted by Crippen LogP contribution is -3.00. The van der Waals surface area contributed by atoms with E-state index in [1.165, 1.54) is 5.56 Å². The van der Waals surface area contributed by atoms with Crippen molar-refractivity contribution in [1.82, 2.24) is 0 Å². The van der Waals surface area contributed by atoms with Gasteiger partial charge in [-0.3, -0.25) is 0 Å². The van der Waals surface area contributed by atoms with Crippen LogP contribution < -0.4 is 24.0 Å². The molecule has 0 aliphatic carbocycles. The number of aliphatic hydroxyl groups is 2. The summed E-state index contributed by atoms with van der Waals surface area (Å²) in [5.41, 5.74) is 1.24. The molecule has 1 aromatic rings. The van der Waals surface area contributed by atoms with Gasteiger partial charge in [0.25, 0.3) is 0 Å². The quantitative estimate of drug-likeness (QED) is 0.450. The van der Waals surface area contributed by atoms with Crippen LogP contribution in [-0.2, 0) is 6.54 Å². The zero-order valence-corrected chi connectivity index (χ0v) is 11.8. The third kappa shape index (κ3) is 5.25. The first kappa shape index (κ1) is 15.8. The van der Waals surface area contributed by atoms with Gasteiger partial charge in [-0.2, -0.15) is 0 Å². The summed E-state index contributed by atoms with van der Waals surface area (Å²) in [6, 6.07) is 10.2. The van der Waals surface area contributed by atoms with E-state index in [9.17, 15) is 0 Å². The maximum Gasteiger partial charge on any atom is 0.104 e. The number of benzene rings is 1. The lowest BCUT2D eigenvalue weighted by atomic mass is 10.2. The fourth-order valence-corrected chi connectivity index (χ4v) is 1.78. The standard InChI is InChI=1S/C12H20NO2.HI/c1-13(7-9-14,8-10-15)11-12-5-3-2-4-6-12;/h2-6,14-15H,7-11H2,1H3;1H/q+1;/p-1. The Hall–Kier alpha value is -0.170. The second-order valence-corrected chi connectivity index (χ2v) is 4.16. The molecule has 0 heterocycles. The van der Waals surface area contributed by atoms with Gasteiger partial charge in [-0.25, -0.2) is 0 Å². The number of hydrogen-bond donors (Lipinski definition) is 2. The van der Waals surface area contributed by atoms with Gasteiger partial charge in [-0.15, -0.1) is 0 Å². The average molecular weight is 337 g/mol. The second kappa shape index (κ2) is 8.00. The highest BCUT2D eigenvalue weighted by Crippen LogP contribution is 2.10. The zero-order chi connectivity index (χ0) is 11.1. The normalized spacial score (nSPS) is 10.9. The summed E-state index contributed by atoms with van der Waals surface area (Å²) in [4.78, 5) is 0. The van der Waals surface area contributed by atoms with Crippen molar-refractivity contribution in [2.24, 2.45) is 0 Å². The first-order valence-electron chi connectivity index (χ1n) is 5.29. The minimum absolute atomic E-state index is 0. The van der Waals surface area contributed by atoms with Gasteiger partial charge < -0.3 is 38.7 Å². The number of quaternary nitrogens is 1. The van der Waals surface area contributed by atoms with E-state index >= 15 is 0 Å². The highest BCUT2D eigenvalue weighted by molar-refractivity contribution is 5.13. The first-order chi connectivity index (χ1) is 7.20. The SMILES string of the molecule is C[N+](CCO)(CCO)Cc1ccccc1.[I-]. The van der Waals surface area contributed by atoms with Crippen LogP contribution in [-0.4, -0.2) is 48.0 Å².